The molecule has 16 heteroatoms. The van der Waals surface area contributed by atoms with Crippen LogP contribution in [0.3, 0.4) is 0 Å². The van der Waals surface area contributed by atoms with E-state index >= 15 is 0 Å². The number of aromatic nitrogens is 3. The van der Waals surface area contributed by atoms with Gasteiger partial charge in [0.05, 0.1) is 7.11 Å². The first kappa shape index (κ1) is 24.5. The van der Waals surface area contributed by atoms with E-state index in [1.54, 1.807) is 6.92 Å². The highest BCUT2D eigenvalue weighted by atomic mass is 32.2. The van der Waals surface area contributed by atoms with Crippen molar-refractivity contribution in [2.75, 3.05) is 12.4 Å². The van der Waals surface area contributed by atoms with Gasteiger partial charge < -0.3 is 14.2 Å². The molecule has 1 N–H and O–H groups in total. The van der Waals surface area contributed by atoms with Crippen LogP contribution in [-0.4, -0.2) is 49.7 Å². The van der Waals surface area contributed by atoms with Crippen LogP contribution in [0.2, 0.25) is 0 Å². The van der Waals surface area contributed by atoms with Crippen LogP contribution in [0.5, 0.6) is 17.5 Å². The van der Waals surface area contributed by atoms with Crippen molar-refractivity contribution >= 4 is 22.5 Å². The zero-order valence-electron chi connectivity index (χ0n) is 15.1. The number of rotatable bonds is 6. The normalized spacial score (nSPS) is 10.0. The Morgan fingerprint density at radius 1 is 1.00 bits per heavy atom. The van der Waals surface area contributed by atoms with Crippen LogP contribution in [-0.2, 0) is 10.5 Å². The summed E-state index contributed by atoms with van der Waals surface area (Å²) >= 11 is 0. The lowest BCUT2D eigenvalue weighted by Gasteiger charge is -2.06. The van der Waals surface area contributed by atoms with Crippen LogP contribution in [0.1, 0.15) is 5.82 Å². The molecule has 0 bridgehead atoms. The molecule has 0 saturated heterocycles. The Labute approximate surface area is 167 Å². The second-order valence-corrected chi connectivity index (χ2v) is 5.28. The minimum Gasteiger partial charge on any atom is -0.467 e. The van der Waals surface area contributed by atoms with Gasteiger partial charge in [0, 0.05) is 0 Å². The summed E-state index contributed by atoms with van der Waals surface area (Å²) in [6.07, 6.45) is 0. The molecule has 1 aromatic carbocycles. The van der Waals surface area contributed by atoms with E-state index in [2.05, 4.69) is 28.8 Å². The van der Waals surface area contributed by atoms with Gasteiger partial charge in [-0.15, -0.1) is 0 Å². The van der Waals surface area contributed by atoms with E-state index < -0.39 is 29.8 Å². The largest absolute Gasteiger partial charge is 0.467 e. The number of amides is 2. The number of anilines is 1. The quantitative estimate of drug-likeness (QED) is 0.651. The predicted molar refractivity (Wildman–Crippen MR) is 91.2 cm³/mol. The Bertz CT molecular complexity index is 938. The maximum absolute atomic E-state index is 11.7. The molecule has 0 aliphatic heterocycles. The molecule has 1 aromatic heterocycles. The predicted octanol–water partition coefficient (Wildman–Crippen LogP) is 2.67. The van der Waals surface area contributed by atoms with Crippen LogP contribution in [0.25, 0.3) is 0 Å². The molecule has 0 aliphatic rings. The fraction of sp³-hybridized carbons (Fsp3) is 0.286. The van der Waals surface area contributed by atoms with E-state index in [0.29, 0.717) is 5.82 Å². The number of carbonyl (C=O) groups excluding carboxylic acids is 1. The number of aryl methyl sites for hydroxylation is 1. The van der Waals surface area contributed by atoms with Crippen molar-refractivity contribution in [2.45, 2.75) is 20.1 Å². The van der Waals surface area contributed by atoms with Gasteiger partial charge in [0.2, 0.25) is 5.95 Å². The highest BCUT2D eigenvalue weighted by Crippen LogP contribution is 2.20. The first-order valence-corrected chi connectivity index (χ1v) is 8.50. The number of nitrogens with zero attached hydrogens (tertiary/aromatic N) is 4. The van der Waals surface area contributed by atoms with E-state index in [4.69, 9.17) is 4.74 Å². The summed E-state index contributed by atoms with van der Waals surface area (Å²) in [6, 6.07) is 3.37. The number of benzene rings is 1. The minimum absolute atomic E-state index is 0.00560. The Morgan fingerprint density at radius 2 is 1.50 bits per heavy atom. The monoisotopic (exact) mass is 455 g/mol. The minimum atomic E-state index is -2.93. The van der Waals surface area contributed by atoms with Gasteiger partial charge in [-0.3, -0.25) is 5.32 Å². The average Bonchev–Trinajstić information content (AvgIpc) is 2.61. The number of nitrogens with one attached hydrogen (secondary N) is 1. The molecule has 1 heterocycles. The first-order chi connectivity index (χ1) is 14.1. The van der Waals surface area contributed by atoms with Crippen LogP contribution in [0, 0.1) is 6.92 Å². The average molecular weight is 455 g/mol. The topological polar surface area (TPSA) is 142 Å². The molecule has 0 unspecified atom stereocenters. The van der Waals surface area contributed by atoms with Gasteiger partial charge in [0.15, 0.2) is 0 Å². The molecule has 0 radical (unpaired) electrons. The zero-order valence-corrected chi connectivity index (χ0v) is 15.9. The summed E-state index contributed by atoms with van der Waals surface area (Å²) in [5.74, 6) is -0.0443. The Balaban J connectivity index is 0.000000303. The van der Waals surface area contributed by atoms with Gasteiger partial charge in [0.1, 0.15) is 17.3 Å². The number of urea groups is 1. The molecule has 2 rings (SSSR count). The van der Waals surface area contributed by atoms with Gasteiger partial charge in [-0.25, -0.2) is 4.79 Å². The number of hydrogen-bond acceptors (Lipinski definition) is 9. The lowest BCUT2D eigenvalue weighted by atomic mass is 10.3. The second-order valence-electron chi connectivity index (χ2n) is 4.66. The lowest BCUT2D eigenvalue weighted by Crippen LogP contribution is -2.11. The van der Waals surface area contributed by atoms with Gasteiger partial charge in [-0.1, -0.05) is 4.36 Å². The SMILES string of the molecule is COc1nc(C)nc(NC(=O)N=S(=O)=O)n1.FC(F)Oc1ccc(OC(F)F)cc1. The molecule has 2 amide bonds. The number of alkyl halides is 4. The number of hydrogen-bond donors (Lipinski definition) is 1. The van der Waals surface area contributed by atoms with E-state index in [-0.39, 0.29) is 23.5 Å². The fourth-order valence-electron chi connectivity index (χ4n) is 1.59. The van der Waals surface area contributed by atoms with E-state index in [1.165, 1.54) is 7.11 Å². The van der Waals surface area contributed by atoms with Gasteiger partial charge in [-0.05, 0) is 31.2 Å². The van der Waals surface area contributed by atoms with Crippen LogP contribution in [0.4, 0.5) is 28.3 Å². The van der Waals surface area contributed by atoms with Crippen LogP contribution < -0.4 is 19.5 Å². The summed E-state index contributed by atoms with van der Waals surface area (Å²) in [4.78, 5) is 22.1. The summed E-state index contributed by atoms with van der Waals surface area (Å²) in [6.45, 7) is -4.31. The van der Waals surface area contributed by atoms with Crippen molar-refractivity contribution in [1.29, 1.82) is 0 Å². The highest BCUT2D eigenvalue weighted by molar-refractivity contribution is 7.62. The molecule has 0 spiro atoms. The molecular formula is C14H13F4N5O6S. The van der Waals surface area contributed by atoms with Gasteiger partial charge in [0.25, 0.3) is 0 Å². The second kappa shape index (κ2) is 12.1. The third-order valence-electron chi connectivity index (χ3n) is 2.56. The summed E-state index contributed by atoms with van der Waals surface area (Å²) in [5.41, 5.74) is 0. The molecule has 30 heavy (non-hydrogen) atoms. The molecule has 0 fully saturated rings. The maximum atomic E-state index is 11.7. The number of halogens is 4. The lowest BCUT2D eigenvalue weighted by molar-refractivity contribution is -0.0529. The zero-order chi connectivity index (χ0) is 22.7. The van der Waals surface area contributed by atoms with Crippen molar-refractivity contribution in [3.8, 4) is 17.5 Å². The first-order valence-electron chi connectivity index (χ1n) is 7.47. The summed E-state index contributed by atoms with van der Waals surface area (Å²) < 4.78 is 82.2. The molecule has 2 aromatic rings. The fourth-order valence-corrected chi connectivity index (χ4v) is 1.77. The van der Waals surface area contributed by atoms with Gasteiger partial charge in [-0.2, -0.15) is 40.9 Å². The van der Waals surface area contributed by atoms with E-state index in [1.807, 2.05) is 5.32 Å². The van der Waals surface area contributed by atoms with Crippen molar-refractivity contribution in [3.63, 3.8) is 0 Å². The molecule has 0 saturated carbocycles. The Hall–Kier alpha value is -3.56. The Morgan fingerprint density at radius 3 is 1.90 bits per heavy atom. The third-order valence-corrected chi connectivity index (χ3v) is 2.87. The Kier molecular flexibility index (Phi) is 9.87. The van der Waals surface area contributed by atoms with Crippen LogP contribution in [0.15, 0.2) is 28.6 Å². The van der Waals surface area contributed by atoms with Crippen molar-refractivity contribution in [3.05, 3.63) is 30.1 Å². The molecule has 164 valence electrons. The van der Waals surface area contributed by atoms with Crippen molar-refractivity contribution in [2.24, 2.45) is 4.36 Å². The molecule has 0 aliphatic carbocycles. The number of ether oxygens (including phenoxy) is 3. The maximum Gasteiger partial charge on any atom is 0.387 e. The molecule has 11 nitrogen and oxygen atoms in total. The molecular weight excluding hydrogens is 442 g/mol. The van der Waals surface area contributed by atoms with Crippen molar-refractivity contribution < 1.29 is 45.0 Å². The van der Waals surface area contributed by atoms with Crippen molar-refractivity contribution in [1.82, 2.24) is 15.0 Å². The van der Waals surface area contributed by atoms with E-state index in [0.717, 1.165) is 24.3 Å². The van der Waals surface area contributed by atoms with Crippen LogP contribution >= 0.6 is 0 Å². The number of methoxy groups -OCH3 is 1. The highest BCUT2D eigenvalue weighted by Gasteiger charge is 2.08. The van der Waals surface area contributed by atoms with Gasteiger partial charge >= 0.3 is 35.8 Å². The standard InChI is InChI=1S/C8H6F4O2.C6H7N5O4S/c9-7(10)13-5-1-2-6(4-3-5)14-8(11)12;1-3-7-4(10-6(8-3)15-2)9-5(12)11-16(13)14/h1-4,7-8H;1-2H3,(H,7,8,9,10,12). The summed E-state index contributed by atoms with van der Waals surface area (Å²) in [7, 11) is -1.48. The number of carbonyl (C=O) groups is 1. The molecule has 0 atom stereocenters. The summed E-state index contributed by atoms with van der Waals surface area (Å²) in [5, 5.41) is 2.05. The smallest absolute Gasteiger partial charge is 0.387 e. The van der Waals surface area contributed by atoms with E-state index in [9.17, 15) is 30.8 Å². The third kappa shape index (κ3) is 10.1.